The normalized spacial score (nSPS) is 10.9. The number of hydrogen-bond donors (Lipinski definition) is 1. The average molecular weight is 273 g/mol. The zero-order valence-electron chi connectivity index (χ0n) is 11.1. The van der Waals surface area contributed by atoms with Crippen LogP contribution in [-0.4, -0.2) is 25.1 Å². The molecular formula is C16H11N5. The van der Waals surface area contributed by atoms with Gasteiger partial charge >= 0.3 is 0 Å². The Bertz CT molecular complexity index is 884. The lowest BCUT2D eigenvalue weighted by Crippen LogP contribution is -1.85. The van der Waals surface area contributed by atoms with E-state index in [1.807, 2.05) is 30.3 Å². The van der Waals surface area contributed by atoms with Crippen LogP contribution in [0.2, 0.25) is 0 Å². The van der Waals surface area contributed by atoms with Crippen molar-refractivity contribution < 1.29 is 0 Å². The minimum atomic E-state index is 0.882. The van der Waals surface area contributed by atoms with Crippen molar-refractivity contribution in [2.24, 2.45) is 0 Å². The summed E-state index contributed by atoms with van der Waals surface area (Å²) in [5, 5.41) is 8.45. The number of rotatable bonds is 2. The summed E-state index contributed by atoms with van der Waals surface area (Å²) >= 11 is 0. The molecule has 4 rings (SSSR count). The topological polar surface area (TPSA) is 67.3 Å². The molecule has 5 heteroatoms. The molecule has 1 N–H and O–H groups in total. The number of pyridine rings is 3. The van der Waals surface area contributed by atoms with Crippen molar-refractivity contribution >= 4 is 10.9 Å². The van der Waals surface area contributed by atoms with E-state index in [2.05, 4.69) is 25.1 Å². The van der Waals surface area contributed by atoms with Crippen molar-refractivity contribution in [2.75, 3.05) is 0 Å². The van der Waals surface area contributed by atoms with Gasteiger partial charge in [-0.1, -0.05) is 0 Å². The number of fused-ring (bicyclic) bond motifs is 1. The fraction of sp³-hybridized carbons (Fsp3) is 0. The van der Waals surface area contributed by atoms with Crippen molar-refractivity contribution in [1.82, 2.24) is 25.1 Å². The Morgan fingerprint density at radius 2 is 1.76 bits per heavy atom. The number of aromatic nitrogens is 5. The Labute approximate surface area is 120 Å². The maximum absolute atomic E-state index is 4.46. The molecule has 0 atom stereocenters. The first kappa shape index (κ1) is 11.7. The van der Waals surface area contributed by atoms with Crippen LogP contribution in [0.5, 0.6) is 0 Å². The van der Waals surface area contributed by atoms with Gasteiger partial charge < -0.3 is 0 Å². The molecule has 0 aliphatic heterocycles. The molecule has 0 fully saturated rings. The van der Waals surface area contributed by atoms with E-state index in [4.69, 9.17) is 0 Å². The maximum Gasteiger partial charge on any atom is 0.100 e. The Morgan fingerprint density at radius 1 is 0.857 bits per heavy atom. The first-order valence-electron chi connectivity index (χ1n) is 6.57. The van der Waals surface area contributed by atoms with Gasteiger partial charge in [0.05, 0.1) is 17.4 Å². The van der Waals surface area contributed by atoms with Crippen molar-refractivity contribution in [1.29, 1.82) is 0 Å². The van der Waals surface area contributed by atoms with Gasteiger partial charge in [0.1, 0.15) is 5.69 Å². The van der Waals surface area contributed by atoms with E-state index in [-0.39, 0.29) is 0 Å². The highest BCUT2D eigenvalue weighted by Crippen LogP contribution is 2.28. The summed E-state index contributed by atoms with van der Waals surface area (Å²) in [6.45, 7) is 0. The highest BCUT2D eigenvalue weighted by atomic mass is 15.1. The van der Waals surface area contributed by atoms with Crippen LogP contribution in [0.1, 0.15) is 0 Å². The Morgan fingerprint density at radius 3 is 2.57 bits per heavy atom. The maximum atomic E-state index is 4.46. The molecule has 21 heavy (non-hydrogen) atoms. The van der Waals surface area contributed by atoms with Crippen molar-refractivity contribution in [3.8, 4) is 22.5 Å². The van der Waals surface area contributed by atoms with E-state index in [9.17, 15) is 0 Å². The first-order valence-corrected chi connectivity index (χ1v) is 6.57. The Kier molecular flexibility index (Phi) is 2.67. The van der Waals surface area contributed by atoms with Gasteiger partial charge in [0.15, 0.2) is 0 Å². The molecule has 0 aliphatic carbocycles. The second-order valence-electron chi connectivity index (χ2n) is 4.66. The molecule has 100 valence electrons. The molecule has 0 amide bonds. The zero-order valence-corrected chi connectivity index (χ0v) is 11.1. The molecule has 0 saturated heterocycles. The quantitative estimate of drug-likeness (QED) is 0.609. The number of nitrogens with zero attached hydrogens (tertiary/aromatic N) is 4. The molecule has 0 radical (unpaired) electrons. The Hall–Kier alpha value is -3.08. The number of hydrogen-bond acceptors (Lipinski definition) is 4. The van der Waals surface area contributed by atoms with E-state index in [0.29, 0.717) is 0 Å². The van der Waals surface area contributed by atoms with E-state index in [1.165, 1.54) is 0 Å². The summed E-state index contributed by atoms with van der Waals surface area (Å²) in [7, 11) is 0. The first-order chi connectivity index (χ1) is 10.4. The third-order valence-electron chi connectivity index (χ3n) is 3.36. The number of aromatic amines is 1. The molecule has 0 aromatic carbocycles. The fourth-order valence-corrected chi connectivity index (χ4v) is 2.32. The molecule has 4 aromatic rings. The summed E-state index contributed by atoms with van der Waals surface area (Å²) in [6.07, 6.45) is 8.89. The van der Waals surface area contributed by atoms with Crippen molar-refractivity contribution in [3.05, 3.63) is 61.3 Å². The minimum Gasteiger partial charge on any atom is -0.276 e. The van der Waals surface area contributed by atoms with E-state index in [1.54, 1.807) is 31.0 Å². The molecule has 0 unspecified atom stereocenters. The molecule has 0 saturated carbocycles. The predicted octanol–water partition coefficient (Wildman–Crippen LogP) is 3.08. The largest absolute Gasteiger partial charge is 0.276 e. The molecular weight excluding hydrogens is 262 g/mol. The van der Waals surface area contributed by atoms with Gasteiger partial charge in [-0.15, -0.1) is 0 Å². The van der Waals surface area contributed by atoms with Crippen molar-refractivity contribution in [3.63, 3.8) is 0 Å². The van der Waals surface area contributed by atoms with Crippen LogP contribution in [0.4, 0.5) is 0 Å². The summed E-state index contributed by atoms with van der Waals surface area (Å²) in [5.41, 5.74) is 4.71. The molecule has 4 aromatic heterocycles. The highest BCUT2D eigenvalue weighted by molar-refractivity contribution is 5.94. The number of H-pyrrole nitrogens is 1. The average Bonchev–Trinajstić information content (AvgIpc) is 2.99. The van der Waals surface area contributed by atoms with E-state index >= 15 is 0 Å². The van der Waals surface area contributed by atoms with Crippen LogP contribution in [0.15, 0.2) is 61.3 Å². The fourth-order valence-electron chi connectivity index (χ4n) is 2.32. The molecule has 0 spiro atoms. The van der Waals surface area contributed by atoms with Crippen LogP contribution >= 0.6 is 0 Å². The molecule has 4 heterocycles. The Balaban J connectivity index is 1.91. The zero-order chi connectivity index (χ0) is 14.1. The highest BCUT2D eigenvalue weighted by Gasteiger charge is 2.10. The third kappa shape index (κ3) is 2.04. The van der Waals surface area contributed by atoms with Crippen molar-refractivity contribution in [2.45, 2.75) is 0 Å². The van der Waals surface area contributed by atoms with Gasteiger partial charge in [-0.05, 0) is 30.3 Å². The SMILES string of the molecule is c1cncc(-c2cc3c(-c4ccncc4)n[nH]c3cn2)c1. The van der Waals surface area contributed by atoms with Gasteiger partial charge in [0.2, 0.25) is 0 Å². The van der Waals surface area contributed by atoms with Gasteiger partial charge in [0.25, 0.3) is 0 Å². The summed E-state index contributed by atoms with van der Waals surface area (Å²) < 4.78 is 0. The van der Waals surface area contributed by atoms with Crippen LogP contribution in [0, 0.1) is 0 Å². The van der Waals surface area contributed by atoms with Gasteiger partial charge in [-0.2, -0.15) is 5.10 Å². The lowest BCUT2D eigenvalue weighted by molar-refractivity contribution is 1.12. The van der Waals surface area contributed by atoms with Crippen LogP contribution in [0.25, 0.3) is 33.4 Å². The number of nitrogens with one attached hydrogen (secondary N) is 1. The van der Waals surface area contributed by atoms with E-state index in [0.717, 1.165) is 33.4 Å². The van der Waals surface area contributed by atoms with E-state index < -0.39 is 0 Å². The second-order valence-corrected chi connectivity index (χ2v) is 4.66. The standard InChI is InChI=1S/C16H11N5/c1-2-12(9-18-5-1)14-8-13-15(10-19-14)20-21-16(13)11-3-6-17-7-4-11/h1-10H,(H,20,21). The van der Waals surface area contributed by atoms with Gasteiger partial charge in [-0.25, -0.2) is 0 Å². The van der Waals surface area contributed by atoms with Crippen LogP contribution in [-0.2, 0) is 0 Å². The minimum absolute atomic E-state index is 0.882. The molecule has 0 aliphatic rings. The summed E-state index contributed by atoms with van der Waals surface area (Å²) in [5.74, 6) is 0. The van der Waals surface area contributed by atoms with Crippen LogP contribution < -0.4 is 0 Å². The summed E-state index contributed by atoms with van der Waals surface area (Å²) in [4.78, 5) is 12.6. The third-order valence-corrected chi connectivity index (χ3v) is 3.36. The lowest BCUT2D eigenvalue weighted by atomic mass is 10.1. The van der Waals surface area contributed by atoms with Crippen LogP contribution in [0.3, 0.4) is 0 Å². The summed E-state index contributed by atoms with van der Waals surface area (Å²) in [6, 6.07) is 9.82. The molecule has 5 nitrogen and oxygen atoms in total. The van der Waals surface area contributed by atoms with Gasteiger partial charge in [0, 0.05) is 41.3 Å². The predicted molar refractivity (Wildman–Crippen MR) is 80.4 cm³/mol. The smallest absolute Gasteiger partial charge is 0.100 e. The lowest BCUT2D eigenvalue weighted by Gasteiger charge is -2.01. The molecule has 0 bridgehead atoms. The van der Waals surface area contributed by atoms with Gasteiger partial charge in [-0.3, -0.25) is 20.1 Å². The monoisotopic (exact) mass is 273 g/mol. The second kappa shape index (κ2) is 4.79.